The van der Waals surface area contributed by atoms with E-state index in [-0.39, 0.29) is 6.04 Å². The lowest BCUT2D eigenvalue weighted by Gasteiger charge is -2.41. The Morgan fingerprint density at radius 3 is 2.45 bits per heavy atom. The third-order valence-electron chi connectivity index (χ3n) is 5.89. The monoisotopic (exact) mass is 502 g/mol. The van der Waals surface area contributed by atoms with E-state index in [1.54, 1.807) is 6.07 Å². The molecule has 2 aromatic carbocycles. The zero-order valence-corrected chi connectivity index (χ0v) is 20.9. The van der Waals surface area contributed by atoms with E-state index in [0.29, 0.717) is 15.9 Å². The highest BCUT2D eigenvalue weighted by molar-refractivity contribution is 8.03. The number of nitrogens with zero attached hydrogens (tertiary/aromatic N) is 4. The molecule has 1 fully saturated rings. The Labute approximate surface area is 209 Å². The molecule has 4 rings (SSSR count). The molecule has 1 unspecified atom stereocenters. The molecule has 2 heterocycles. The Morgan fingerprint density at radius 1 is 1.06 bits per heavy atom. The highest BCUT2D eigenvalue weighted by Gasteiger charge is 2.29. The summed E-state index contributed by atoms with van der Waals surface area (Å²) in [6.45, 7) is 8.59. The number of hydrogen-bond acceptors (Lipinski definition) is 7. The van der Waals surface area contributed by atoms with Gasteiger partial charge >= 0.3 is 0 Å². The van der Waals surface area contributed by atoms with Gasteiger partial charge in [-0.2, -0.15) is 4.99 Å². The molecule has 0 radical (unpaired) electrons. The van der Waals surface area contributed by atoms with E-state index in [2.05, 4.69) is 28.5 Å². The van der Waals surface area contributed by atoms with Gasteiger partial charge in [-0.1, -0.05) is 77.9 Å². The topological polar surface area (TPSA) is 74.1 Å². The third-order valence-corrected chi connectivity index (χ3v) is 8.03. The van der Waals surface area contributed by atoms with E-state index in [9.17, 15) is 0 Å². The molecule has 9 heteroatoms. The Bertz CT molecular complexity index is 1080. The first kappa shape index (κ1) is 24.0. The second kappa shape index (κ2) is 10.4. The second-order valence-electron chi connectivity index (χ2n) is 8.09. The lowest BCUT2D eigenvalue weighted by Crippen LogP contribution is -2.54. The molecular weight excluding hydrogens is 475 g/mol. The molecule has 0 aromatic heterocycles. The molecule has 2 aliphatic rings. The van der Waals surface area contributed by atoms with Crippen LogP contribution >= 0.6 is 35.0 Å². The molecule has 2 aliphatic heterocycles. The number of aliphatic imine (C=N–C) groups is 1. The van der Waals surface area contributed by atoms with Crippen molar-refractivity contribution in [1.29, 1.82) is 0 Å². The Balaban J connectivity index is 1.43. The Hall–Kier alpha value is -2.16. The maximum absolute atomic E-state index is 6.42. The number of nitrogens with two attached hydrogens (primary N) is 2. The molecule has 0 aliphatic carbocycles. The Morgan fingerprint density at radius 2 is 1.76 bits per heavy atom. The second-order valence-corrected chi connectivity index (χ2v) is 9.93. The Kier molecular flexibility index (Phi) is 7.56. The smallest absolute Gasteiger partial charge is 0.207 e. The summed E-state index contributed by atoms with van der Waals surface area (Å²) in [5, 5.41) is 1.00. The van der Waals surface area contributed by atoms with Crippen molar-refractivity contribution in [3.63, 3.8) is 0 Å². The number of piperazine rings is 1. The van der Waals surface area contributed by atoms with E-state index in [0.717, 1.165) is 59.7 Å². The summed E-state index contributed by atoms with van der Waals surface area (Å²) in [6.07, 6.45) is 0. The fourth-order valence-corrected chi connectivity index (χ4v) is 5.38. The first-order chi connectivity index (χ1) is 15.8. The van der Waals surface area contributed by atoms with Crippen molar-refractivity contribution in [2.45, 2.75) is 10.9 Å². The number of likely N-dealkylation sites (N-methyl/N-ethyl adjacent to an activating group) is 1. The number of halogens is 2. The summed E-state index contributed by atoms with van der Waals surface area (Å²) >= 11 is 14.0. The molecule has 0 saturated carbocycles. The minimum absolute atomic E-state index is 0.00342. The van der Waals surface area contributed by atoms with Crippen molar-refractivity contribution in [3.8, 4) is 0 Å². The van der Waals surface area contributed by atoms with E-state index < -0.39 is 0 Å². The minimum Gasteiger partial charge on any atom is -0.383 e. The summed E-state index contributed by atoms with van der Waals surface area (Å²) < 4.78 is 0. The number of thioether (sulfide) groups is 1. The lowest BCUT2D eigenvalue weighted by atomic mass is 10.1. The summed E-state index contributed by atoms with van der Waals surface area (Å²) in [4.78, 5) is 13.0. The third kappa shape index (κ3) is 5.34. The standard InChI is InChI=1S/C24H28Cl2N6S/c1-16-22(33-20-10-6-9-18(25)21(20)26)23(28)29-24(30(16)2)32-13-11-31(12-14-32)15-19(27)17-7-4-3-5-8-17/h3-10,19H,1,11-15,27-28H2,2H3. The van der Waals surface area contributed by atoms with Gasteiger partial charge in [0.15, 0.2) is 0 Å². The molecule has 4 N–H and O–H groups in total. The zero-order valence-electron chi connectivity index (χ0n) is 18.5. The van der Waals surface area contributed by atoms with Crippen LogP contribution in [0, 0.1) is 0 Å². The van der Waals surface area contributed by atoms with Crippen molar-refractivity contribution < 1.29 is 0 Å². The molecule has 0 amide bonds. The molecular formula is C24H28Cl2N6S. The van der Waals surface area contributed by atoms with Crippen molar-refractivity contribution in [2.24, 2.45) is 16.5 Å². The van der Waals surface area contributed by atoms with Crippen LogP contribution in [-0.2, 0) is 0 Å². The number of guanidine groups is 1. The van der Waals surface area contributed by atoms with Crippen LogP contribution in [0.2, 0.25) is 10.0 Å². The van der Waals surface area contributed by atoms with Crippen LogP contribution in [0.3, 0.4) is 0 Å². The van der Waals surface area contributed by atoms with Crippen molar-refractivity contribution in [2.75, 3.05) is 39.8 Å². The van der Waals surface area contributed by atoms with E-state index in [1.807, 2.05) is 42.3 Å². The minimum atomic E-state index is 0.00342. The number of benzene rings is 2. The van der Waals surface area contributed by atoms with Gasteiger partial charge in [0.2, 0.25) is 5.96 Å². The van der Waals surface area contributed by atoms with Gasteiger partial charge in [-0.15, -0.1) is 0 Å². The van der Waals surface area contributed by atoms with E-state index in [4.69, 9.17) is 39.7 Å². The summed E-state index contributed by atoms with van der Waals surface area (Å²) in [5.74, 6) is 1.24. The predicted molar refractivity (Wildman–Crippen MR) is 139 cm³/mol. The van der Waals surface area contributed by atoms with E-state index in [1.165, 1.54) is 11.8 Å². The van der Waals surface area contributed by atoms with Crippen molar-refractivity contribution >= 4 is 40.9 Å². The molecule has 2 aromatic rings. The molecule has 1 saturated heterocycles. The largest absolute Gasteiger partial charge is 0.383 e. The maximum Gasteiger partial charge on any atom is 0.207 e. The van der Waals surface area contributed by atoms with Gasteiger partial charge in [0.05, 0.1) is 20.6 Å². The van der Waals surface area contributed by atoms with Crippen LogP contribution in [0.25, 0.3) is 0 Å². The fraction of sp³-hybridized carbons (Fsp3) is 0.292. The van der Waals surface area contributed by atoms with Gasteiger partial charge in [0.1, 0.15) is 5.82 Å². The molecule has 33 heavy (non-hydrogen) atoms. The van der Waals surface area contributed by atoms with Crippen molar-refractivity contribution in [1.82, 2.24) is 14.7 Å². The summed E-state index contributed by atoms with van der Waals surface area (Å²) in [6, 6.07) is 15.8. The van der Waals surface area contributed by atoms with Gasteiger partial charge in [-0.05, 0) is 17.7 Å². The molecule has 0 spiro atoms. The fourth-order valence-electron chi connectivity index (χ4n) is 3.94. The first-order valence-electron chi connectivity index (χ1n) is 10.8. The van der Waals surface area contributed by atoms with Crippen LogP contribution in [0.4, 0.5) is 0 Å². The van der Waals surface area contributed by atoms with Gasteiger partial charge in [-0.25, -0.2) is 0 Å². The van der Waals surface area contributed by atoms with Gasteiger partial charge < -0.3 is 21.3 Å². The highest BCUT2D eigenvalue weighted by Crippen LogP contribution is 2.41. The first-order valence-corrected chi connectivity index (χ1v) is 12.3. The summed E-state index contributed by atoms with van der Waals surface area (Å²) in [7, 11) is 1.96. The van der Waals surface area contributed by atoms with Crippen LogP contribution in [0.1, 0.15) is 11.6 Å². The molecule has 6 nitrogen and oxygen atoms in total. The average molecular weight is 504 g/mol. The average Bonchev–Trinajstić information content (AvgIpc) is 2.83. The van der Waals surface area contributed by atoms with E-state index >= 15 is 0 Å². The number of rotatable bonds is 5. The normalized spacial score (nSPS) is 18.5. The van der Waals surface area contributed by atoms with Gasteiger partial charge in [0, 0.05) is 50.7 Å². The van der Waals surface area contributed by atoms with Crippen LogP contribution in [0.5, 0.6) is 0 Å². The number of hydrogen-bond donors (Lipinski definition) is 2. The van der Waals surface area contributed by atoms with Crippen LogP contribution in [0.15, 0.2) is 81.4 Å². The quantitative estimate of drug-likeness (QED) is 0.632. The molecule has 0 bridgehead atoms. The van der Waals surface area contributed by atoms with Crippen molar-refractivity contribution in [3.05, 3.63) is 87.1 Å². The predicted octanol–water partition coefficient (Wildman–Crippen LogP) is 4.35. The van der Waals surface area contributed by atoms with Gasteiger partial charge in [-0.3, -0.25) is 4.90 Å². The SMILES string of the molecule is C=C1C(Sc2cccc(Cl)c2Cl)=C(N)N=C(N2CCN(CC(N)c3ccccc3)CC2)N1C. The van der Waals surface area contributed by atoms with Crippen LogP contribution in [-0.4, -0.2) is 60.4 Å². The summed E-state index contributed by atoms with van der Waals surface area (Å²) in [5.41, 5.74) is 14.7. The molecule has 174 valence electrons. The molecule has 1 atom stereocenters. The maximum atomic E-state index is 6.42. The highest BCUT2D eigenvalue weighted by atomic mass is 35.5. The lowest BCUT2D eigenvalue weighted by molar-refractivity contribution is 0.166. The van der Waals surface area contributed by atoms with Crippen LogP contribution < -0.4 is 11.5 Å². The van der Waals surface area contributed by atoms with Gasteiger partial charge in [0.25, 0.3) is 0 Å². The zero-order chi connectivity index (χ0) is 23.5.